The molecule has 1 aliphatic heterocycles. The SMILES string of the molecule is CON(C1C=C2CCC3C(CC[C@]4(C)[C@@H](c5ccc(=O)oc5)CC[C@]34O)[C@@]2(C)CC1)[C@H]1OC[C@H](N)C(O)[C@@H]1O. The van der Waals surface area contributed by atoms with E-state index in [-0.39, 0.29) is 40.9 Å². The Kier molecular flexibility index (Phi) is 6.90. The van der Waals surface area contributed by atoms with Crippen molar-refractivity contribution in [2.45, 2.75) is 107 Å². The lowest BCUT2D eigenvalue weighted by molar-refractivity contribution is -0.305. The molecule has 5 N–H and O–H groups in total. The number of allylic oxidation sites excluding steroid dienone is 1. The topological polar surface area (TPSA) is 139 Å². The zero-order valence-electron chi connectivity index (χ0n) is 23.3. The van der Waals surface area contributed by atoms with Crippen molar-refractivity contribution in [3.63, 3.8) is 0 Å². The Labute approximate surface area is 229 Å². The molecule has 1 saturated heterocycles. The molecule has 3 saturated carbocycles. The summed E-state index contributed by atoms with van der Waals surface area (Å²) in [6.07, 6.45) is 8.15. The molecule has 0 amide bonds. The van der Waals surface area contributed by atoms with E-state index in [2.05, 4.69) is 19.9 Å². The van der Waals surface area contributed by atoms with Crippen molar-refractivity contribution in [2.75, 3.05) is 13.7 Å². The second-order valence-corrected chi connectivity index (χ2v) is 13.2. The maximum Gasteiger partial charge on any atom is 0.335 e. The van der Waals surface area contributed by atoms with Crippen molar-refractivity contribution < 1.29 is 29.3 Å². The maximum absolute atomic E-state index is 12.5. The van der Waals surface area contributed by atoms with Gasteiger partial charge in [0.1, 0.15) is 12.2 Å². The van der Waals surface area contributed by atoms with Crippen LogP contribution in [0.5, 0.6) is 0 Å². The number of aliphatic hydroxyl groups is 3. The molecule has 1 aromatic rings. The normalized spacial score (nSPS) is 47.7. The lowest BCUT2D eigenvalue weighted by Gasteiger charge is -2.62. The van der Waals surface area contributed by atoms with Crippen molar-refractivity contribution in [1.29, 1.82) is 0 Å². The first-order valence-electron chi connectivity index (χ1n) is 14.6. The van der Waals surface area contributed by atoms with Crippen LogP contribution in [0.25, 0.3) is 0 Å². The smallest absolute Gasteiger partial charge is 0.335 e. The molecule has 2 heterocycles. The molecule has 4 aliphatic carbocycles. The van der Waals surface area contributed by atoms with Crippen molar-refractivity contribution in [3.8, 4) is 0 Å². The predicted octanol–water partition coefficient (Wildman–Crippen LogP) is 2.44. The van der Waals surface area contributed by atoms with Crippen molar-refractivity contribution in [1.82, 2.24) is 5.06 Å². The number of ether oxygens (including phenoxy) is 1. The predicted molar refractivity (Wildman–Crippen MR) is 143 cm³/mol. The Hall–Kier alpha value is -1.59. The summed E-state index contributed by atoms with van der Waals surface area (Å²) in [6, 6.07) is 2.66. The van der Waals surface area contributed by atoms with Gasteiger partial charge in [0.05, 0.1) is 37.7 Å². The first-order chi connectivity index (χ1) is 18.5. The highest BCUT2D eigenvalue weighted by molar-refractivity contribution is 5.31. The van der Waals surface area contributed by atoms with Crippen molar-refractivity contribution in [2.24, 2.45) is 28.4 Å². The van der Waals surface area contributed by atoms with Gasteiger partial charge in [-0.05, 0) is 86.2 Å². The molecule has 9 nitrogen and oxygen atoms in total. The van der Waals surface area contributed by atoms with Crippen molar-refractivity contribution >= 4 is 0 Å². The van der Waals surface area contributed by atoms with Crippen LogP contribution in [0.1, 0.15) is 76.7 Å². The number of rotatable bonds is 4. The Morgan fingerprint density at radius 1 is 1.05 bits per heavy atom. The van der Waals surface area contributed by atoms with E-state index in [9.17, 15) is 20.1 Å². The van der Waals surface area contributed by atoms with Gasteiger partial charge in [-0.1, -0.05) is 25.5 Å². The fraction of sp³-hybridized carbons (Fsp3) is 0.767. The van der Waals surface area contributed by atoms with E-state index in [0.717, 1.165) is 56.9 Å². The third-order valence-corrected chi connectivity index (χ3v) is 11.7. The summed E-state index contributed by atoms with van der Waals surface area (Å²) in [5, 5.41) is 35.2. The van der Waals surface area contributed by atoms with Crippen LogP contribution in [0.15, 0.2) is 39.3 Å². The Balaban J connectivity index is 1.24. The molecule has 4 fully saturated rings. The molecule has 5 aliphatic rings. The minimum Gasteiger partial charge on any atom is -0.431 e. The van der Waals surface area contributed by atoms with Crippen LogP contribution in [0, 0.1) is 22.7 Å². The molecule has 0 spiro atoms. The average molecular weight is 545 g/mol. The van der Waals surface area contributed by atoms with Gasteiger partial charge in [-0.25, -0.2) is 4.79 Å². The lowest BCUT2D eigenvalue weighted by atomic mass is 9.45. The van der Waals surface area contributed by atoms with Crippen LogP contribution in [-0.2, 0) is 9.57 Å². The van der Waals surface area contributed by atoms with E-state index in [0.29, 0.717) is 5.92 Å². The molecule has 1 aromatic heterocycles. The first kappa shape index (κ1) is 27.6. The molecule has 0 bridgehead atoms. The quantitative estimate of drug-likeness (QED) is 0.332. The molecular weight excluding hydrogens is 500 g/mol. The molecule has 4 unspecified atom stereocenters. The molecule has 0 aromatic carbocycles. The van der Waals surface area contributed by atoms with Gasteiger partial charge in [0.2, 0.25) is 0 Å². The number of fused-ring (bicyclic) bond motifs is 5. The Bertz CT molecular complexity index is 1150. The summed E-state index contributed by atoms with van der Waals surface area (Å²) in [5.74, 6) is 0.777. The Morgan fingerprint density at radius 2 is 1.85 bits per heavy atom. The molecular formula is C30H44N2O7. The summed E-state index contributed by atoms with van der Waals surface area (Å²) >= 11 is 0. The van der Waals surface area contributed by atoms with Crippen LogP contribution in [0.3, 0.4) is 0 Å². The average Bonchev–Trinajstić information content (AvgIpc) is 3.20. The number of hydrogen-bond donors (Lipinski definition) is 4. The highest BCUT2D eigenvalue weighted by atomic mass is 16.7. The molecule has 216 valence electrons. The third kappa shape index (κ3) is 4.03. The minimum atomic E-state index is -1.16. The maximum atomic E-state index is 12.5. The number of aliphatic hydroxyl groups excluding tert-OH is 2. The van der Waals surface area contributed by atoms with E-state index in [1.54, 1.807) is 18.4 Å². The van der Waals surface area contributed by atoms with Gasteiger partial charge in [0.15, 0.2) is 6.23 Å². The first-order valence-corrected chi connectivity index (χ1v) is 14.6. The summed E-state index contributed by atoms with van der Waals surface area (Å²) in [7, 11) is 1.58. The van der Waals surface area contributed by atoms with Gasteiger partial charge >= 0.3 is 5.63 Å². The molecule has 0 radical (unpaired) electrons. The highest BCUT2D eigenvalue weighted by Gasteiger charge is 2.66. The van der Waals surface area contributed by atoms with E-state index < -0.39 is 30.1 Å². The summed E-state index contributed by atoms with van der Waals surface area (Å²) in [4.78, 5) is 17.3. The minimum absolute atomic E-state index is 0.0125. The van der Waals surface area contributed by atoms with Gasteiger partial charge in [0.25, 0.3) is 0 Å². The Morgan fingerprint density at radius 3 is 2.56 bits per heavy atom. The zero-order chi connectivity index (χ0) is 27.7. The van der Waals surface area contributed by atoms with E-state index in [4.69, 9.17) is 19.7 Å². The zero-order valence-corrected chi connectivity index (χ0v) is 23.3. The number of hydroxylamine groups is 2. The second-order valence-electron chi connectivity index (χ2n) is 13.2. The number of nitrogens with two attached hydrogens (primary N) is 1. The molecule has 39 heavy (non-hydrogen) atoms. The number of nitrogens with zero attached hydrogens (tertiary/aromatic N) is 1. The van der Waals surface area contributed by atoms with Crippen LogP contribution >= 0.6 is 0 Å². The molecule has 11 atom stereocenters. The van der Waals surface area contributed by atoms with Gasteiger partial charge in [-0.15, -0.1) is 0 Å². The summed E-state index contributed by atoms with van der Waals surface area (Å²) < 4.78 is 11.0. The van der Waals surface area contributed by atoms with Crippen LogP contribution in [0.2, 0.25) is 0 Å². The molecule has 6 rings (SSSR count). The van der Waals surface area contributed by atoms with Crippen molar-refractivity contribution in [3.05, 3.63) is 46.0 Å². The van der Waals surface area contributed by atoms with E-state index in [1.165, 1.54) is 11.6 Å². The van der Waals surface area contributed by atoms with Crippen LogP contribution < -0.4 is 11.4 Å². The lowest BCUT2D eigenvalue weighted by Crippen LogP contribution is -2.63. The van der Waals surface area contributed by atoms with E-state index in [1.807, 2.05) is 6.07 Å². The van der Waals surface area contributed by atoms with Crippen LogP contribution in [-0.4, -0.2) is 70.2 Å². The number of hydrogen-bond acceptors (Lipinski definition) is 9. The highest BCUT2D eigenvalue weighted by Crippen LogP contribution is 2.70. The van der Waals surface area contributed by atoms with Gasteiger partial charge < -0.3 is 30.2 Å². The monoisotopic (exact) mass is 544 g/mol. The van der Waals surface area contributed by atoms with Crippen LogP contribution in [0.4, 0.5) is 0 Å². The molecule has 9 heteroatoms. The third-order valence-electron chi connectivity index (χ3n) is 11.7. The standard InChI is InChI=1S/C30H44N2O7/c1-28-11-8-19(32(37-3)27-26(35)25(34)23(31)16-39-27)14-18(28)5-6-22-21(28)9-12-29(2)20(10-13-30(22,29)36)17-4-7-24(33)38-15-17/h4,7,14-15,19-23,25-27,34-36H,5-6,8-13,16,31H2,1-3H3/t19?,20-,21?,22?,23+,25?,26+,27+,28+,29-,30+/m1/s1. The largest absolute Gasteiger partial charge is 0.431 e. The van der Waals surface area contributed by atoms with Gasteiger partial charge in [0, 0.05) is 11.5 Å². The van der Waals surface area contributed by atoms with Gasteiger partial charge in [-0.3, -0.25) is 4.84 Å². The fourth-order valence-electron chi connectivity index (χ4n) is 9.46. The van der Waals surface area contributed by atoms with Gasteiger partial charge in [-0.2, -0.15) is 5.06 Å². The second kappa shape index (κ2) is 9.76. The fourth-order valence-corrected chi connectivity index (χ4v) is 9.46. The summed E-state index contributed by atoms with van der Waals surface area (Å²) in [5.41, 5.74) is 6.93. The summed E-state index contributed by atoms with van der Waals surface area (Å²) in [6.45, 7) is 4.78. The van der Waals surface area contributed by atoms with E-state index >= 15 is 0 Å².